The normalized spacial score (nSPS) is 16.9. The predicted octanol–water partition coefficient (Wildman–Crippen LogP) is 3.55. The van der Waals surface area contributed by atoms with Crippen molar-refractivity contribution in [2.75, 3.05) is 6.54 Å². The van der Waals surface area contributed by atoms with Crippen LogP contribution in [0.1, 0.15) is 34.3 Å². The highest BCUT2D eigenvalue weighted by molar-refractivity contribution is 6.02. The van der Waals surface area contributed by atoms with Gasteiger partial charge >= 0.3 is 6.03 Å². The van der Waals surface area contributed by atoms with E-state index in [0.717, 1.165) is 24.0 Å². The molecule has 1 N–H and O–H groups in total. The lowest BCUT2D eigenvalue weighted by Crippen LogP contribution is -2.45. The third-order valence-electron chi connectivity index (χ3n) is 4.44. The van der Waals surface area contributed by atoms with Crippen molar-refractivity contribution >= 4 is 11.8 Å². The minimum atomic E-state index is -0.358. The van der Waals surface area contributed by atoms with E-state index in [1.54, 1.807) is 4.90 Å². The Hall–Kier alpha value is -2.62. The average molecular weight is 322 g/mol. The first-order valence-corrected chi connectivity index (χ1v) is 8.34. The minimum Gasteiger partial charge on any atom is -0.334 e. The Labute approximate surface area is 142 Å². The molecule has 1 atom stereocenters. The molecule has 2 aromatic rings. The van der Waals surface area contributed by atoms with E-state index in [-0.39, 0.29) is 17.9 Å². The Bertz CT molecular complexity index is 710. The monoisotopic (exact) mass is 322 g/mol. The van der Waals surface area contributed by atoms with Gasteiger partial charge in [0, 0.05) is 18.7 Å². The molecule has 0 spiro atoms. The maximum Gasteiger partial charge on any atom is 0.318 e. The highest BCUT2D eigenvalue weighted by atomic mass is 16.2. The maximum atomic E-state index is 12.7. The largest absolute Gasteiger partial charge is 0.334 e. The predicted molar refractivity (Wildman–Crippen MR) is 93.9 cm³/mol. The summed E-state index contributed by atoms with van der Waals surface area (Å²) in [5.41, 5.74) is 2.84. The summed E-state index contributed by atoms with van der Waals surface area (Å²) in [6, 6.07) is 16.8. The van der Waals surface area contributed by atoms with Gasteiger partial charge < -0.3 is 10.2 Å². The van der Waals surface area contributed by atoms with Gasteiger partial charge in [0.1, 0.15) is 0 Å². The molecular weight excluding hydrogens is 300 g/mol. The third-order valence-corrected chi connectivity index (χ3v) is 4.44. The van der Waals surface area contributed by atoms with E-state index in [1.807, 2.05) is 61.5 Å². The second-order valence-electron chi connectivity index (χ2n) is 6.23. The highest BCUT2D eigenvalue weighted by Crippen LogP contribution is 2.21. The molecule has 4 heteroatoms. The lowest BCUT2D eigenvalue weighted by molar-refractivity contribution is 0.0887. The first-order valence-electron chi connectivity index (χ1n) is 8.34. The second kappa shape index (κ2) is 7.30. The first kappa shape index (κ1) is 16.2. The number of Topliss-reactive ketones (excluding diaryl/α,β-unsaturated/α-hetero) is 1. The van der Waals surface area contributed by atoms with Gasteiger partial charge in [0.05, 0.1) is 6.04 Å². The molecule has 1 heterocycles. The number of benzene rings is 2. The van der Waals surface area contributed by atoms with Crippen LogP contribution in [0.15, 0.2) is 54.6 Å². The van der Waals surface area contributed by atoms with E-state index in [4.69, 9.17) is 0 Å². The molecule has 0 aliphatic carbocycles. The quantitative estimate of drug-likeness (QED) is 0.875. The summed E-state index contributed by atoms with van der Waals surface area (Å²) >= 11 is 0. The average Bonchev–Trinajstić information content (AvgIpc) is 3.10. The first-order chi connectivity index (χ1) is 11.6. The molecule has 0 saturated carbocycles. The molecule has 4 nitrogen and oxygen atoms in total. The van der Waals surface area contributed by atoms with Crippen molar-refractivity contribution in [1.29, 1.82) is 0 Å². The molecule has 124 valence electrons. The number of ketones is 1. The Balaban J connectivity index is 1.65. The number of hydrogen-bond donors (Lipinski definition) is 1. The Morgan fingerprint density at radius 2 is 1.79 bits per heavy atom. The van der Waals surface area contributed by atoms with Crippen LogP contribution >= 0.6 is 0 Å². The molecule has 1 fully saturated rings. The SMILES string of the molecule is Cc1ccc(C(=O)C2CCCN2C(=O)NCc2ccccc2)cc1. The number of nitrogens with zero attached hydrogens (tertiary/aromatic N) is 1. The van der Waals surface area contributed by atoms with Crippen LogP contribution in [0.3, 0.4) is 0 Å². The molecule has 2 aromatic carbocycles. The number of carbonyl (C=O) groups excluding carboxylic acids is 2. The van der Waals surface area contributed by atoms with E-state index in [9.17, 15) is 9.59 Å². The van der Waals surface area contributed by atoms with E-state index in [0.29, 0.717) is 18.7 Å². The number of aryl methyl sites for hydroxylation is 1. The zero-order valence-corrected chi connectivity index (χ0v) is 13.9. The van der Waals surface area contributed by atoms with Crippen LogP contribution in [0.25, 0.3) is 0 Å². The van der Waals surface area contributed by atoms with Gasteiger partial charge in [-0.25, -0.2) is 4.79 Å². The van der Waals surface area contributed by atoms with E-state index >= 15 is 0 Å². The molecule has 24 heavy (non-hydrogen) atoms. The number of hydrogen-bond acceptors (Lipinski definition) is 2. The second-order valence-corrected chi connectivity index (χ2v) is 6.23. The fourth-order valence-electron chi connectivity index (χ4n) is 3.07. The van der Waals surface area contributed by atoms with Gasteiger partial charge in [-0.2, -0.15) is 0 Å². The van der Waals surface area contributed by atoms with Crippen molar-refractivity contribution in [3.05, 3.63) is 71.3 Å². The molecule has 3 rings (SSSR count). The molecule has 1 aliphatic rings. The standard InChI is InChI=1S/C20H22N2O2/c1-15-9-11-17(12-10-15)19(23)18-8-5-13-22(18)20(24)21-14-16-6-3-2-4-7-16/h2-4,6-7,9-12,18H,5,8,13-14H2,1H3,(H,21,24). The zero-order valence-electron chi connectivity index (χ0n) is 13.9. The maximum absolute atomic E-state index is 12.7. The number of urea groups is 1. The van der Waals surface area contributed by atoms with Crippen molar-refractivity contribution in [3.63, 3.8) is 0 Å². The molecule has 0 bridgehead atoms. The van der Waals surface area contributed by atoms with Crippen LogP contribution in [-0.2, 0) is 6.54 Å². The molecule has 0 radical (unpaired) electrons. The van der Waals surface area contributed by atoms with Crippen LogP contribution in [0, 0.1) is 6.92 Å². The van der Waals surface area contributed by atoms with Gasteiger partial charge in [-0.15, -0.1) is 0 Å². The summed E-state index contributed by atoms with van der Waals surface area (Å²) in [7, 11) is 0. The van der Waals surface area contributed by atoms with Crippen molar-refractivity contribution in [2.45, 2.75) is 32.4 Å². The van der Waals surface area contributed by atoms with E-state index in [2.05, 4.69) is 5.32 Å². The number of likely N-dealkylation sites (tertiary alicyclic amines) is 1. The Morgan fingerprint density at radius 1 is 1.08 bits per heavy atom. The van der Waals surface area contributed by atoms with Crippen molar-refractivity contribution < 1.29 is 9.59 Å². The minimum absolute atomic E-state index is 0.0300. The summed E-state index contributed by atoms with van der Waals surface area (Å²) in [4.78, 5) is 26.9. The molecule has 0 aromatic heterocycles. The summed E-state index contributed by atoms with van der Waals surface area (Å²) in [5, 5.41) is 2.92. The van der Waals surface area contributed by atoms with Gasteiger partial charge in [0.2, 0.25) is 0 Å². The van der Waals surface area contributed by atoms with Crippen LogP contribution < -0.4 is 5.32 Å². The summed E-state index contributed by atoms with van der Waals surface area (Å²) in [6.45, 7) is 3.09. The van der Waals surface area contributed by atoms with Gasteiger partial charge in [0.15, 0.2) is 5.78 Å². The van der Waals surface area contributed by atoms with Gasteiger partial charge in [0.25, 0.3) is 0 Å². The number of nitrogens with one attached hydrogen (secondary N) is 1. The van der Waals surface area contributed by atoms with Gasteiger partial charge in [-0.3, -0.25) is 4.79 Å². The smallest absolute Gasteiger partial charge is 0.318 e. The topological polar surface area (TPSA) is 49.4 Å². The van der Waals surface area contributed by atoms with Gasteiger partial charge in [-0.1, -0.05) is 60.2 Å². The Kier molecular flexibility index (Phi) is 4.94. The fraction of sp³-hybridized carbons (Fsp3) is 0.300. The summed E-state index contributed by atoms with van der Waals surface area (Å²) in [6.07, 6.45) is 1.59. The van der Waals surface area contributed by atoms with Crippen LogP contribution in [0.2, 0.25) is 0 Å². The molecular formula is C20H22N2O2. The van der Waals surface area contributed by atoms with E-state index < -0.39 is 0 Å². The van der Waals surface area contributed by atoms with Crippen LogP contribution in [-0.4, -0.2) is 29.3 Å². The van der Waals surface area contributed by atoms with Crippen molar-refractivity contribution in [1.82, 2.24) is 10.2 Å². The fourth-order valence-corrected chi connectivity index (χ4v) is 3.07. The number of amides is 2. The summed E-state index contributed by atoms with van der Waals surface area (Å²) < 4.78 is 0. The van der Waals surface area contributed by atoms with Crippen molar-refractivity contribution in [2.24, 2.45) is 0 Å². The van der Waals surface area contributed by atoms with Crippen LogP contribution in [0.5, 0.6) is 0 Å². The van der Waals surface area contributed by atoms with E-state index in [1.165, 1.54) is 0 Å². The molecule has 1 aliphatic heterocycles. The number of carbonyl (C=O) groups is 2. The van der Waals surface area contributed by atoms with Crippen molar-refractivity contribution in [3.8, 4) is 0 Å². The lowest BCUT2D eigenvalue weighted by atomic mass is 10.0. The lowest BCUT2D eigenvalue weighted by Gasteiger charge is -2.24. The summed E-state index contributed by atoms with van der Waals surface area (Å²) in [5.74, 6) is 0.0300. The molecule has 1 saturated heterocycles. The Morgan fingerprint density at radius 3 is 2.50 bits per heavy atom. The van der Waals surface area contributed by atoms with Gasteiger partial charge in [-0.05, 0) is 25.3 Å². The zero-order chi connectivity index (χ0) is 16.9. The third kappa shape index (κ3) is 3.65. The highest BCUT2D eigenvalue weighted by Gasteiger charge is 2.34. The molecule has 1 unspecified atom stereocenters. The van der Waals surface area contributed by atoms with Crippen LogP contribution in [0.4, 0.5) is 4.79 Å². The molecule has 2 amide bonds. The number of rotatable bonds is 4.